The summed E-state index contributed by atoms with van der Waals surface area (Å²) in [5.74, 6) is -1.35. The molecule has 0 fully saturated rings. The molecule has 0 aliphatic carbocycles. The molecular weight excluding hydrogens is 303 g/mol. The van der Waals surface area contributed by atoms with Crippen LogP contribution in [0.4, 0.5) is 0 Å². The number of hydrogen-bond donors (Lipinski definition) is 1. The summed E-state index contributed by atoms with van der Waals surface area (Å²) in [5, 5.41) is 19.3. The number of allylic oxidation sites excluding steroid dienone is 2. The molecule has 0 radical (unpaired) electrons. The molecule has 0 spiro atoms. The van der Waals surface area contributed by atoms with Crippen LogP contribution >= 0.6 is 0 Å². The SMILES string of the molecule is CCCCCCCC/C=C\CCCCCCC(O)C(=O)[O-].[K+]. The fraction of sp³-hybridized carbons (Fsp3) is 0.833. The molecule has 0 aliphatic rings. The van der Waals surface area contributed by atoms with E-state index in [0.717, 1.165) is 32.1 Å². The van der Waals surface area contributed by atoms with Crippen molar-refractivity contribution in [2.24, 2.45) is 0 Å². The maximum Gasteiger partial charge on any atom is 1.00 e. The molecule has 1 N–H and O–H groups in total. The Kier molecular flexibility index (Phi) is 22.6. The number of rotatable bonds is 15. The molecule has 0 rings (SSSR count). The van der Waals surface area contributed by atoms with E-state index < -0.39 is 12.1 Å². The van der Waals surface area contributed by atoms with Crippen molar-refractivity contribution in [3.05, 3.63) is 12.2 Å². The molecule has 0 saturated heterocycles. The van der Waals surface area contributed by atoms with Crippen molar-refractivity contribution in [3.8, 4) is 0 Å². The number of aliphatic carboxylic acids is 1. The van der Waals surface area contributed by atoms with Gasteiger partial charge in [0.25, 0.3) is 0 Å². The zero-order valence-corrected chi connectivity index (χ0v) is 17.8. The molecule has 22 heavy (non-hydrogen) atoms. The third kappa shape index (κ3) is 18.9. The molecule has 1 atom stereocenters. The van der Waals surface area contributed by atoms with Gasteiger partial charge in [-0.2, -0.15) is 0 Å². The van der Waals surface area contributed by atoms with E-state index in [-0.39, 0.29) is 51.4 Å². The second-order valence-electron chi connectivity index (χ2n) is 5.85. The molecule has 124 valence electrons. The third-order valence-electron chi connectivity index (χ3n) is 3.76. The third-order valence-corrected chi connectivity index (χ3v) is 3.76. The van der Waals surface area contributed by atoms with Gasteiger partial charge in [-0.05, 0) is 32.1 Å². The number of carbonyl (C=O) groups excluding carboxylic acids is 1. The van der Waals surface area contributed by atoms with Crippen LogP contribution in [0.5, 0.6) is 0 Å². The zero-order chi connectivity index (χ0) is 15.8. The molecule has 0 heterocycles. The van der Waals surface area contributed by atoms with Gasteiger partial charge in [-0.1, -0.05) is 70.4 Å². The Hall–Kier alpha value is 0.806. The Morgan fingerprint density at radius 2 is 1.36 bits per heavy atom. The van der Waals surface area contributed by atoms with Crippen molar-refractivity contribution >= 4 is 5.97 Å². The first-order valence-corrected chi connectivity index (χ1v) is 8.72. The number of unbranched alkanes of at least 4 members (excludes halogenated alkanes) is 10. The van der Waals surface area contributed by atoms with Gasteiger partial charge in [-0.15, -0.1) is 0 Å². The molecule has 0 aromatic heterocycles. The van der Waals surface area contributed by atoms with Gasteiger partial charge in [0.05, 0.1) is 12.1 Å². The van der Waals surface area contributed by atoms with Crippen molar-refractivity contribution < 1.29 is 66.4 Å². The molecular formula is C18H33KO3. The fourth-order valence-electron chi connectivity index (χ4n) is 2.35. The molecule has 0 aromatic rings. The fourth-order valence-corrected chi connectivity index (χ4v) is 2.35. The number of carboxylic acid groups (broad SMARTS) is 1. The number of carbonyl (C=O) groups is 1. The summed E-state index contributed by atoms with van der Waals surface area (Å²) in [5.41, 5.74) is 0. The molecule has 0 saturated carbocycles. The van der Waals surface area contributed by atoms with Gasteiger partial charge < -0.3 is 15.0 Å². The van der Waals surface area contributed by atoms with E-state index in [9.17, 15) is 9.90 Å². The summed E-state index contributed by atoms with van der Waals surface area (Å²) in [7, 11) is 0. The summed E-state index contributed by atoms with van der Waals surface area (Å²) in [6, 6.07) is 0. The molecule has 0 amide bonds. The zero-order valence-electron chi connectivity index (χ0n) is 14.7. The van der Waals surface area contributed by atoms with E-state index in [1.54, 1.807) is 0 Å². The number of carboxylic acids is 1. The van der Waals surface area contributed by atoms with E-state index in [1.165, 1.54) is 44.9 Å². The Balaban J connectivity index is 0. The average Bonchev–Trinajstić information content (AvgIpc) is 2.47. The van der Waals surface area contributed by atoms with Gasteiger partial charge in [-0.25, -0.2) is 0 Å². The topological polar surface area (TPSA) is 60.4 Å². The Bertz CT molecular complexity index is 267. The number of aliphatic hydroxyl groups is 1. The number of hydrogen-bond acceptors (Lipinski definition) is 3. The first-order chi connectivity index (χ1) is 10.2. The first-order valence-electron chi connectivity index (χ1n) is 8.72. The summed E-state index contributed by atoms with van der Waals surface area (Å²) < 4.78 is 0. The van der Waals surface area contributed by atoms with Crippen LogP contribution in [0, 0.1) is 0 Å². The van der Waals surface area contributed by atoms with Crippen LogP contribution < -0.4 is 56.5 Å². The van der Waals surface area contributed by atoms with Gasteiger partial charge in [-0.3, -0.25) is 0 Å². The molecule has 0 aliphatic heterocycles. The van der Waals surface area contributed by atoms with Crippen LogP contribution in [-0.2, 0) is 4.79 Å². The Morgan fingerprint density at radius 3 is 1.86 bits per heavy atom. The van der Waals surface area contributed by atoms with E-state index >= 15 is 0 Å². The monoisotopic (exact) mass is 336 g/mol. The Morgan fingerprint density at radius 1 is 0.909 bits per heavy atom. The minimum Gasteiger partial charge on any atom is -0.547 e. The van der Waals surface area contributed by atoms with Crippen LogP contribution in [0.25, 0.3) is 0 Å². The molecule has 3 nitrogen and oxygen atoms in total. The maximum absolute atomic E-state index is 10.3. The van der Waals surface area contributed by atoms with Crippen molar-refractivity contribution in [2.75, 3.05) is 0 Å². The average molecular weight is 337 g/mol. The second-order valence-corrected chi connectivity index (χ2v) is 5.85. The quantitative estimate of drug-likeness (QED) is 0.273. The van der Waals surface area contributed by atoms with E-state index in [2.05, 4.69) is 19.1 Å². The maximum atomic E-state index is 10.3. The summed E-state index contributed by atoms with van der Waals surface area (Å²) >= 11 is 0. The first kappa shape index (κ1) is 25.1. The van der Waals surface area contributed by atoms with Gasteiger partial charge in [0.2, 0.25) is 0 Å². The van der Waals surface area contributed by atoms with Crippen LogP contribution in [0.1, 0.15) is 90.4 Å². The molecule has 0 aromatic carbocycles. The van der Waals surface area contributed by atoms with Gasteiger partial charge >= 0.3 is 51.4 Å². The largest absolute Gasteiger partial charge is 1.00 e. The van der Waals surface area contributed by atoms with Gasteiger partial charge in [0, 0.05) is 0 Å². The van der Waals surface area contributed by atoms with Crippen LogP contribution in [0.3, 0.4) is 0 Å². The molecule has 4 heteroatoms. The van der Waals surface area contributed by atoms with Gasteiger partial charge in [0.15, 0.2) is 0 Å². The van der Waals surface area contributed by atoms with Gasteiger partial charge in [0.1, 0.15) is 0 Å². The van der Waals surface area contributed by atoms with Crippen molar-refractivity contribution in [1.29, 1.82) is 0 Å². The smallest absolute Gasteiger partial charge is 0.547 e. The Labute approximate surface area is 179 Å². The molecule has 0 bridgehead atoms. The van der Waals surface area contributed by atoms with Crippen LogP contribution in [-0.4, -0.2) is 17.2 Å². The summed E-state index contributed by atoms with van der Waals surface area (Å²) in [6.45, 7) is 2.24. The minimum absolute atomic E-state index is 0. The van der Waals surface area contributed by atoms with Crippen molar-refractivity contribution in [1.82, 2.24) is 0 Å². The van der Waals surface area contributed by atoms with Crippen LogP contribution in [0.15, 0.2) is 12.2 Å². The molecule has 1 unspecified atom stereocenters. The van der Waals surface area contributed by atoms with E-state index in [0.29, 0.717) is 6.42 Å². The van der Waals surface area contributed by atoms with Crippen LogP contribution in [0.2, 0.25) is 0 Å². The van der Waals surface area contributed by atoms with E-state index in [4.69, 9.17) is 5.11 Å². The normalized spacial score (nSPS) is 12.3. The van der Waals surface area contributed by atoms with E-state index in [1.807, 2.05) is 0 Å². The summed E-state index contributed by atoms with van der Waals surface area (Å²) in [4.78, 5) is 10.3. The summed E-state index contributed by atoms with van der Waals surface area (Å²) in [6.07, 6.45) is 18.0. The second kappa shape index (κ2) is 19.9. The van der Waals surface area contributed by atoms with Crippen molar-refractivity contribution in [2.45, 2.75) is 96.5 Å². The predicted molar refractivity (Wildman–Crippen MR) is 85.8 cm³/mol. The minimum atomic E-state index is -1.35. The number of aliphatic hydroxyl groups excluding tert-OH is 1. The predicted octanol–water partition coefficient (Wildman–Crippen LogP) is 0.749. The van der Waals surface area contributed by atoms with Crippen molar-refractivity contribution in [3.63, 3.8) is 0 Å². The standard InChI is InChI=1S/C18H34O3.K/c1-2-3-4-5-6-7-8-9-10-11-12-13-14-15-16-17(19)18(20)21;/h9-10,17,19H,2-8,11-16H2,1H3,(H,20,21);/q;+1/p-1/b10-9-;.